The molecule has 1 aromatic carbocycles. The first kappa shape index (κ1) is 14.1. The standard InChI is InChI=1S/C15H20N4O/c1-5-16-14-11(2)15(18-10-17-14)19(3)12-7-6-8-13(9-12)20-4/h6-10H,5H2,1-4H3,(H,16,17,18). The predicted octanol–water partition coefficient (Wildman–Crippen LogP) is 2.99. The van der Waals surface area contributed by atoms with Crippen LogP contribution in [0.2, 0.25) is 0 Å². The van der Waals surface area contributed by atoms with Crippen LogP contribution in [-0.4, -0.2) is 30.7 Å². The van der Waals surface area contributed by atoms with Gasteiger partial charge in [-0.15, -0.1) is 0 Å². The lowest BCUT2D eigenvalue weighted by atomic mass is 10.2. The maximum absolute atomic E-state index is 5.26. The first-order valence-electron chi connectivity index (χ1n) is 6.60. The number of methoxy groups -OCH3 is 1. The van der Waals surface area contributed by atoms with Gasteiger partial charge in [-0.05, 0) is 26.0 Å². The van der Waals surface area contributed by atoms with Crippen LogP contribution in [-0.2, 0) is 0 Å². The summed E-state index contributed by atoms with van der Waals surface area (Å²) in [6.45, 7) is 4.90. The van der Waals surface area contributed by atoms with Crippen molar-refractivity contribution >= 4 is 17.3 Å². The Morgan fingerprint density at radius 2 is 2.10 bits per heavy atom. The van der Waals surface area contributed by atoms with Crippen molar-refractivity contribution in [3.63, 3.8) is 0 Å². The van der Waals surface area contributed by atoms with Crippen LogP contribution in [0.5, 0.6) is 5.75 Å². The minimum absolute atomic E-state index is 0.827. The van der Waals surface area contributed by atoms with E-state index in [1.165, 1.54) is 0 Å². The lowest BCUT2D eigenvalue weighted by molar-refractivity contribution is 0.415. The third-order valence-electron chi connectivity index (χ3n) is 3.16. The molecule has 0 unspecified atom stereocenters. The molecule has 0 amide bonds. The van der Waals surface area contributed by atoms with Crippen molar-refractivity contribution in [1.29, 1.82) is 0 Å². The molecule has 1 N–H and O–H groups in total. The van der Waals surface area contributed by atoms with Crippen molar-refractivity contribution in [1.82, 2.24) is 9.97 Å². The van der Waals surface area contributed by atoms with Crippen molar-refractivity contribution in [2.45, 2.75) is 13.8 Å². The van der Waals surface area contributed by atoms with E-state index in [-0.39, 0.29) is 0 Å². The Labute approximate surface area is 119 Å². The molecule has 5 nitrogen and oxygen atoms in total. The van der Waals surface area contributed by atoms with E-state index in [0.29, 0.717) is 0 Å². The van der Waals surface area contributed by atoms with E-state index in [0.717, 1.165) is 35.2 Å². The Morgan fingerprint density at radius 1 is 1.30 bits per heavy atom. The lowest BCUT2D eigenvalue weighted by Crippen LogP contribution is -2.14. The van der Waals surface area contributed by atoms with E-state index in [1.807, 2.05) is 50.1 Å². The molecule has 0 saturated carbocycles. The van der Waals surface area contributed by atoms with Gasteiger partial charge in [-0.2, -0.15) is 0 Å². The summed E-state index contributed by atoms with van der Waals surface area (Å²) in [5.41, 5.74) is 2.05. The minimum Gasteiger partial charge on any atom is -0.497 e. The third-order valence-corrected chi connectivity index (χ3v) is 3.16. The predicted molar refractivity (Wildman–Crippen MR) is 82.0 cm³/mol. The molecule has 0 aliphatic carbocycles. The van der Waals surface area contributed by atoms with Gasteiger partial charge in [0, 0.05) is 30.9 Å². The smallest absolute Gasteiger partial charge is 0.141 e. The van der Waals surface area contributed by atoms with Crippen LogP contribution in [0.3, 0.4) is 0 Å². The Bertz CT molecular complexity index is 586. The fraction of sp³-hybridized carbons (Fsp3) is 0.333. The molecule has 0 spiro atoms. The van der Waals surface area contributed by atoms with Crippen LogP contribution >= 0.6 is 0 Å². The molecule has 0 aliphatic rings. The van der Waals surface area contributed by atoms with Crippen molar-refractivity contribution in [3.05, 3.63) is 36.2 Å². The zero-order valence-electron chi connectivity index (χ0n) is 12.3. The van der Waals surface area contributed by atoms with E-state index in [9.17, 15) is 0 Å². The van der Waals surface area contributed by atoms with E-state index in [4.69, 9.17) is 4.74 Å². The van der Waals surface area contributed by atoms with Crippen molar-refractivity contribution in [2.24, 2.45) is 0 Å². The summed E-state index contributed by atoms with van der Waals surface area (Å²) in [6, 6.07) is 7.89. The highest BCUT2D eigenvalue weighted by Crippen LogP contribution is 2.29. The van der Waals surface area contributed by atoms with Crippen LogP contribution in [0.15, 0.2) is 30.6 Å². The van der Waals surface area contributed by atoms with Gasteiger partial charge in [0.2, 0.25) is 0 Å². The van der Waals surface area contributed by atoms with Gasteiger partial charge in [0.15, 0.2) is 0 Å². The fourth-order valence-corrected chi connectivity index (χ4v) is 2.07. The molecule has 106 valence electrons. The van der Waals surface area contributed by atoms with E-state index < -0.39 is 0 Å². The van der Waals surface area contributed by atoms with Gasteiger partial charge in [-0.1, -0.05) is 6.07 Å². The number of hydrogen-bond donors (Lipinski definition) is 1. The number of hydrogen-bond acceptors (Lipinski definition) is 5. The molecule has 1 aromatic heterocycles. The molecular weight excluding hydrogens is 252 g/mol. The molecule has 2 aromatic rings. The Hall–Kier alpha value is -2.30. The maximum atomic E-state index is 5.26. The molecule has 20 heavy (non-hydrogen) atoms. The number of aromatic nitrogens is 2. The Kier molecular flexibility index (Phi) is 4.40. The van der Waals surface area contributed by atoms with Crippen LogP contribution in [0.1, 0.15) is 12.5 Å². The largest absolute Gasteiger partial charge is 0.497 e. The Balaban J connectivity index is 2.37. The van der Waals surface area contributed by atoms with Gasteiger partial charge in [-0.3, -0.25) is 0 Å². The second-order valence-corrected chi connectivity index (χ2v) is 4.46. The zero-order chi connectivity index (χ0) is 14.5. The number of benzene rings is 1. The maximum Gasteiger partial charge on any atom is 0.141 e. The van der Waals surface area contributed by atoms with Gasteiger partial charge in [-0.25, -0.2) is 9.97 Å². The molecule has 1 heterocycles. The first-order valence-corrected chi connectivity index (χ1v) is 6.60. The summed E-state index contributed by atoms with van der Waals surface area (Å²) in [5.74, 6) is 2.57. The SMILES string of the molecule is CCNc1ncnc(N(C)c2cccc(OC)c2)c1C. The quantitative estimate of drug-likeness (QED) is 0.906. The average Bonchev–Trinajstić information content (AvgIpc) is 2.49. The van der Waals surface area contributed by atoms with Crippen molar-refractivity contribution < 1.29 is 4.74 Å². The van der Waals surface area contributed by atoms with Crippen LogP contribution in [0.25, 0.3) is 0 Å². The summed E-state index contributed by atoms with van der Waals surface area (Å²) in [5, 5.41) is 3.24. The topological polar surface area (TPSA) is 50.3 Å². The van der Waals surface area contributed by atoms with E-state index in [1.54, 1.807) is 13.4 Å². The number of ether oxygens (including phenoxy) is 1. The van der Waals surface area contributed by atoms with Crippen LogP contribution in [0, 0.1) is 6.92 Å². The molecule has 0 atom stereocenters. The van der Waals surface area contributed by atoms with Crippen LogP contribution in [0.4, 0.5) is 17.3 Å². The molecule has 0 saturated heterocycles. The fourth-order valence-electron chi connectivity index (χ4n) is 2.07. The highest BCUT2D eigenvalue weighted by molar-refractivity contribution is 5.67. The van der Waals surface area contributed by atoms with E-state index in [2.05, 4.69) is 15.3 Å². The van der Waals surface area contributed by atoms with Crippen molar-refractivity contribution in [3.8, 4) is 5.75 Å². The summed E-state index contributed by atoms with van der Waals surface area (Å²) >= 11 is 0. The van der Waals surface area contributed by atoms with Gasteiger partial charge in [0.25, 0.3) is 0 Å². The number of anilines is 3. The van der Waals surface area contributed by atoms with Gasteiger partial charge in [0.1, 0.15) is 23.7 Å². The van der Waals surface area contributed by atoms with Gasteiger partial charge >= 0.3 is 0 Å². The molecule has 2 rings (SSSR count). The molecule has 0 bridgehead atoms. The van der Waals surface area contributed by atoms with Gasteiger partial charge < -0.3 is 15.0 Å². The zero-order valence-corrected chi connectivity index (χ0v) is 12.3. The lowest BCUT2D eigenvalue weighted by Gasteiger charge is -2.21. The molecular formula is C15H20N4O. The second kappa shape index (κ2) is 6.23. The molecule has 0 fully saturated rings. The first-order chi connectivity index (χ1) is 9.67. The summed E-state index contributed by atoms with van der Waals surface area (Å²) in [7, 11) is 3.65. The molecule has 0 radical (unpaired) electrons. The number of nitrogens with one attached hydrogen (secondary N) is 1. The number of rotatable bonds is 5. The number of nitrogens with zero attached hydrogens (tertiary/aromatic N) is 3. The third kappa shape index (κ3) is 2.82. The highest BCUT2D eigenvalue weighted by Gasteiger charge is 2.12. The minimum atomic E-state index is 0.827. The van der Waals surface area contributed by atoms with Gasteiger partial charge in [0.05, 0.1) is 7.11 Å². The molecule has 5 heteroatoms. The second-order valence-electron chi connectivity index (χ2n) is 4.46. The average molecular weight is 272 g/mol. The molecule has 0 aliphatic heterocycles. The van der Waals surface area contributed by atoms with Crippen LogP contribution < -0.4 is 15.0 Å². The monoisotopic (exact) mass is 272 g/mol. The van der Waals surface area contributed by atoms with E-state index >= 15 is 0 Å². The normalized spacial score (nSPS) is 10.2. The van der Waals surface area contributed by atoms with Crippen molar-refractivity contribution in [2.75, 3.05) is 30.9 Å². The summed E-state index contributed by atoms with van der Waals surface area (Å²) < 4.78 is 5.26. The summed E-state index contributed by atoms with van der Waals surface area (Å²) in [6.07, 6.45) is 1.58. The highest BCUT2D eigenvalue weighted by atomic mass is 16.5. The summed E-state index contributed by atoms with van der Waals surface area (Å²) in [4.78, 5) is 10.7. The Morgan fingerprint density at radius 3 is 2.80 bits per heavy atom.